The highest BCUT2D eigenvalue weighted by Gasteiger charge is 2.23. The Bertz CT molecular complexity index is 896. The van der Waals surface area contributed by atoms with Crippen molar-refractivity contribution in [2.75, 3.05) is 12.3 Å². The highest BCUT2D eigenvalue weighted by Crippen LogP contribution is 2.35. The number of fused-ring (bicyclic) bond motifs is 1. The van der Waals surface area contributed by atoms with Gasteiger partial charge in [-0.2, -0.15) is 0 Å². The third kappa shape index (κ3) is 3.94. The quantitative estimate of drug-likeness (QED) is 0.358. The maximum Gasteiger partial charge on any atom is 0.338 e. The van der Waals surface area contributed by atoms with Gasteiger partial charge in [-0.05, 0) is 38.1 Å². The number of nitro benzene ring substituents is 1. The lowest BCUT2D eigenvalue weighted by Gasteiger charge is -2.13. The Morgan fingerprint density at radius 2 is 2.15 bits per heavy atom. The standard InChI is InChI=1S/C19H20N2O6/c1-3-25-17-8-13-6-11(2)27-18(13)9-14(17)10-26-19(22)12-4-5-15(20)16(7-12)21(23)24/h4-5,7-9,11H,3,6,10,20H2,1-2H3. The van der Waals surface area contributed by atoms with Crippen LogP contribution in [0.15, 0.2) is 30.3 Å². The zero-order valence-electron chi connectivity index (χ0n) is 15.1. The minimum absolute atomic E-state index is 0.0138. The van der Waals surface area contributed by atoms with Crippen LogP contribution in [0.2, 0.25) is 0 Å². The molecule has 0 saturated carbocycles. The number of anilines is 1. The number of hydrogen-bond donors (Lipinski definition) is 1. The number of nitrogen functional groups attached to an aromatic ring is 1. The first-order valence-electron chi connectivity index (χ1n) is 8.55. The number of hydrogen-bond acceptors (Lipinski definition) is 7. The molecular formula is C19H20N2O6. The second-order valence-corrected chi connectivity index (χ2v) is 6.24. The molecule has 27 heavy (non-hydrogen) atoms. The van der Waals surface area contributed by atoms with E-state index < -0.39 is 10.9 Å². The molecule has 0 spiro atoms. The molecule has 2 aromatic carbocycles. The van der Waals surface area contributed by atoms with Gasteiger partial charge in [-0.3, -0.25) is 10.1 Å². The van der Waals surface area contributed by atoms with Crippen LogP contribution in [0.5, 0.6) is 11.5 Å². The summed E-state index contributed by atoms with van der Waals surface area (Å²) in [6, 6.07) is 7.52. The highest BCUT2D eigenvalue weighted by molar-refractivity contribution is 5.91. The number of esters is 1. The van der Waals surface area contributed by atoms with Gasteiger partial charge in [-0.25, -0.2) is 4.79 Å². The van der Waals surface area contributed by atoms with Gasteiger partial charge in [0.05, 0.1) is 17.1 Å². The van der Waals surface area contributed by atoms with Crippen LogP contribution in [0.1, 0.15) is 35.3 Å². The Balaban J connectivity index is 1.78. The van der Waals surface area contributed by atoms with Crippen molar-refractivity contribution in [1.29, 1.82) is 0 Å². The Hall–Kier alpha value is -3.29. The van der Waals surface area contributed by atoms with Gasteiger partial charge in [-0.1, -0.05) is 0 Å². The second kappa shape index (κ2) is 7.53. The minimum atomic E-state index is -0.685. The lowest BCUT2D eigenvalue weighted by Crippen LogP contribution is -2.08. The molecule has 142 valence electrons. The fourth-order valence-corrected chi connectivity index (χ4v) is 2.94. The molecule has 1 aliphatic heterocycles. The van der Waals surface area contributed by atoms with Gasteiger partial charge in [0.2, 0.25) is 0 Å². The normalized spacial score (nSPS) is 15.0. The number of ether oxygens (including phenoxy) is 3. The molecule has 0 saturated heterocycles. The lowest BCUT2D eigenvalue weighted by molar-refractivity contribution is -0.383. The van der Waals surface area contributed by atoms with Crippen LogP contribution in [0.3, 0.4) is 0 Å². The average molecular weight is 372 g/mol. The van der Waals surface area contributed by atoms with E-state index in [2.05, 4.69) is 0 Å². The molecule has 3 rings (SSSR count). The molecular weight excluding hydrogens is 352 g/mol. The van der Waals surface area contributed by atoms with E-state index in [-0.39, 0.29) is 29.6 Å². The van der Waals surface area contributed by atoms with E-state index in [1.807, 2.05) is 26.0 Å². The van der Waals surface area contributed by atoms with Crippen molar-refractivity contribution in [3.05, 3.63) is 57.1 Å². The van der Waals surface area contributed by atoms with Gasteiger partial charge in [0.25, 0.3) is 5.69 Å². The fraction of sp³-hybridized carbons (Fsp3) is 0.316. The van der Waals surface area contributed by atoms with Crippen molar-refractivity contribution in [2.45, 2.75) is 33.0 Å². The molecule has 2 aromatic rings. The maximum absolute atomic E-state index is 12.3. The first kappa shape index (κ1) is 18.5. The smallest absolute Gasteiger partial charge is 0.338 e. The van der Waals surface area contributed by atoms with Gasteiger partial charge < -0.3 is 19.9 Å². The van der Waals surface area contributed by atoms with Gasteiger partial charge >= 0.3 is 5.97 Å². The fourth-order valence-electron chi connectivity index (χ4n) is 2.94. The van der Waals surface area contributed by atoms with Gasteiger partial charge in [-0.15, -0.1) is 0 Å². The molecule has 8 nitrogen and oxygen atoms in total. The van der Waals surface area contributed by atoms with Crippen molar-refractivity contribution in [3.63, 3.8) is 0 Å². The third-order valence-corrected chi connectivity index (χ3v) is 4.20. The second-order valence-electron chi connectivity index (χ2n) is 6.24. The molecule has 0 aromatic heterocycles. The van der Waals surface area contributed by atoms with E-state index in [0.29, 0.717) is 17.9 Å². The molecule has 1 heterocycles. The van der Waals surface area contributed by atoms with Gasteiger partial charge in [0, 0.05) is 23.6 Å². The zero-order chi connectivity index (χ0) is 19.6. The molecule has 8 heteroatoms. The predicted octanol–water partition coefficient (Wildman–Crippen LogP) is 3.26. The van der Waals surface area contributed by atoms with Crippen LogP contribution in [0, 0.1) is 10.1 Å². The minimum Gasteiger partial charge on any atom is -0.493 e. The van der Waals surface area contributed by atoms with E-state index in [9.17, 15) is 14.9 Å². The summed E-state index contributed by atoms with van der Waals surface area (Å²) in [6.07, 6.45) is 0.882. The van der Waals surface area contributed by atoms with Crippen molar-refractivity contribution in [1.82, 2.24) is 0 Å². The van der Waals surface area contributed by atoms with E-state index in [1.165, 1.54) is 12.1 Å². The van der Waals surface area contributed by atoms with Crippen LogP contribution < -0.4 is 15.2 Å². The summed E-state index contributed by atoms with van der Waals surface area (Å²) in [7, 11) is 0. The summed E-state index contributed by atoms with van der Waals surface area (Å²) in [5.74, 6) is 0.695. The molecule has 0 amide bonds. The Morgan fingerprint density at radius 3 is 2.85 bits per heavy atom. The van der Waals surface area contributed by atoms with Crippen LogP contribution in [-0.4, -0.2) is 23.6 Å². The summed E-state index contributed by atoms with van der Waals surface area (Å²) in [4.78, 5) is 22.6. The average Bonchev–Trinajstić information content (AvgIpc) is 2.98. The number of rotatable bonds is 6. The Labute approximate surface area is 156 Å². The summed E-state index contributed by atoms with van der Waals surface area (Å²) < 4.78 is 16.7. The molecule has 0 radical (unpaired) electrons. The van der Waals surface area contributed by atoms with Crippen molar-refractivity contribution < 1.29 is 23.9 Å². The molecule has 1 atom stereocenters. The Morgan fingerprint density at radius 1 is 1.37 bits per heavy atom. The lowest BCUT2D eigenvalue weighted by atomic mass is 10.1. The molecule has 0 bridgehead atoms. The first-order valence-corrected chi connectivity index (χ1v) is 8.55. The number of carbonyl (C=O) groups is 1. The number of nitrogens with zero attached hydrogens (tertiary/aromatic N) is 1. The number of nitro groups is 1. The third-order valence-electron chi connectivity index (χ3n) is 4.20. The molecule has 2 N–H and O–H groups in total. The highest BCUT2D eigenvalue weighted by atomic mass is 16.6. The summed E-state index contributed by atoms with van der Waals surface area (Å²) >= 11 is 0. The van der Waals surface area contributed by atoms with Crippen molar-refractivity contribution in [3.8, 4) is 11.5 Å². The molecule has 0 fully saturated rings. The maximum atomic E-state index is 12.3. The largest absolute Gasteiger partial charge is 0.493 e. The van der Waals surface area contributed by atoms with Crippen LogP contribution >= 0.6 is 0 Å². The first-order chi connectivity index (χ1) is 12.9. The monoisotopic (exact) mass is 372 g/mol. The van der Waals surface area contributed by atoms with Crippen LogP contribution in [0.25, 0.3) is 0 Å². The topological polar surface area (TPSA) is 114 Å². The summed E-state index contributed by atoms with van der Waals surface area (Å²) in [6.45, 7) is 4.28. The molecule has 1 aliphatic rings. The van der Waals surface area contributed by atoms with Gasteiger partial charge in [0.15, 0.2) is 0 Å². The summed E-state index contributed by atoms with van der Waals surface area (Å²) in [5.41, 5.74) is 6.98. The van der Waals surface area contributed by atoms with E-state index in [1.54, 1.807) is 0 Å². The van der Waals surface area contributed by atoms with Crippen LogP contribution in [0.4, 0.5) is 11.4 Å². The number of benzene rings is 2. The van der Waals surface area contributed by atoms with E-state index >= 15 is 0 Å². The SMILES string of the molecule is CCOc1cc2c(cc1COC(=O)c1ccc(N)c([N+](=O)[O-])c1)OC(C)C2. The molecule has 0 aliphatic carbocycles. The summed E-state index contributed by atoms with van der Waals surface area (Å²) in [5, 5.41) is 11.0. The van der Waals surface area contributed by atoms with Crippen LogP contribution in [-0.2, 0) is 17.8 Å². The predicted molar refractivity (Wildman–Crippen MR) is 98.0 cm³/mol. The van der Waals surface area contributed by atoms with Crippen molar-refractivity contribution >= 4 is 17.3 Å². The number of nitrogens with two attached hydrogens (primary N) is 1. The number of carbonyl (C=O) groups excluding carboxylic acids is 1. The zero-order valence-corrected chi connectivity index (χ0v) is 15.1. The van der Waals surface area contributed by atoms with E-state index in [0.717, 1.165) is 23.8 Å². The Kier molecular flexibility index (Phi) is 5.16. The van der Waals surface area contributed by atoms with E-state index in [4.69, 9.17) is 19.9 Å². The van der Waals surface area contributed by atoms with Gasteiger partial charge in [0.1, 0.15) is 29.9 Å². The van der Waals surface area contributed by atoms with Crippen molar-refractivity contribution in [2.24, 2.45) is 0 Å². The molecule has 1 unspecified atom stereocenters.